The Morgan fingerprint density at radius 3 is 1.42 bits per heavy atom. The molecule has 22 nitrogen and oxygen atoms in total. The molecule has 0 spiro atoms. The molecule has 11 heterocycles. The average molecular weight is 1230 g/mol. The Kier molecular flexibility index (Phi) is 15.2. The fourth-order valence-electron chi connectivity index (χ4n) is 10.6. The van der Waals surface area contributed by atoms with Crippen LogP contribution in [0.3, 0.4) is 0 Å². The fraction of sp³-hybridized carbons (Fsp3) is 0.387. The standard InChI is InChI=1S/C28H29N7O3.C19H21BrN4O3.C15H20BN3O2/c1-28(2,3)38-27(37)34-15-20(16-34)35-25-21-10-17(6-9-23(21)30-13-24(25)33(5)26(35)36)18-7-8-22(29-11-18)19-12-31-32(4)14-19;1-19(2,3)27-18(26)23-9-12(10-23)24-16-13-7-11(20)5-6-14(13)21-8-15(16)22(4)17(24)25;1-14(2)15(3,4)21-16(20-14)12-6-7-13(17-9-12)11-8-18-19(5)10-11/h6-14,20H,15-16H2,1-5H3;5-8,12H,9-10H2,1-4H3;6-10H,1-5H3. The third kappa shape index (κ3) is 11.6. The molecule has 0 atom stereocenters. The summed E-state index contributed by atoms with van der Waals surface area (Å²) in [7, 11) is 6.90. The number of aromatic nitrogens is 12. The molecular formula is C62H70BBrN14O8. The molecule has 13 rings (SSSR count). The summed E-state index contributed by atoms with van der Waals surface area (Å²) >= 11 is 3.50. The second kappa shape index (κ2) is 22.1. The normalized spacial score (nSPS) is 16.0. The van der Waals surface area contributed by atoms with Crippen LogP contribution in [0.2, 0.25) is 0 Å². The van der Waals surface area contributed by atoms with E-state index in [1.54, 1.807) is 76.3 Å². The third-order valence-corrected chi connectivity index (χ3v) is 16.5. The van der Waals surface area contributed by atoms with Crippen LogP contribution in [0.4, 0.5) is 9.59 Å². The molecule has 8 aromatic heterocycles. The minimum absolute atomic E-state index is 0.0849. The number of hydrogen-bond donors (Lipinski definition) is 0. The smallest absolute Gasteiger partial charge is 0.444 e. The van der Waals surface area contributed by atoms with Crippen LogP contribution in [0.25, 0.3) is 77.5 Å². The lowest BCUT2D eigenvalue weighted by Gasteiger charge is -2.40. The van der Waals surface area contributed by atoms with Crippen molar-refractivity contribution < 1.29 is 28.4 Å². The molecule has 86 heavy (non-hydrogen) atoms. The van der Waals surface area contributed by atoms with Crippen molar-refractivity contribution in [1.82, 2.24) is 67.6 Å². The van der Waals surface area contributed by atoms with E-state index in [1.807, 2.05) is 163 Å². The largest absolute Gasteiger partial charge is 0.496 e. The van der Waals surface area contributed by atoms with Gasteiger partial charge in [-0.15, -0.1) is 0 Å². The number of amides is 2. The van der Waals surface area contributed by atoms with Gasteiger partial charge in [0.2, 0.25) is 0 Å². The van der Waals surface area contributed by atoms with E-state index in [-0.39, 0.29) is 54.0 Å². The molecule has 3 aliphatic heterocycles. The monoisotopic (exact) mass is 1230 g/mol. The first-order chi connectivity index (χ1) is 40.5. The third-order valence-electron chi connectivity index (χ3n) is 16.0. The van der Waals surface area contributed by atoms with E-state index in [0.717, 1.165) is 87.4 Å². The average Bonchev–Trinajstić information content (AvgIpc) is 1.58. The van der Waals surface area contributed by atoms with Gasteiger partial charge in [-0.25, -0.2) is 19.2 Å². The number of pyridine rings is 4. The molecule has 446 valence electrons. The zero-order valence-electron chi connectivity index (χ0n) is 50.9. The predicted molar refractivity (Wildman–Crippen MR) is 334 cm³/mol. The number of fused-ring (bicyclic) bond motifs is 6. The van der Waals surface area contributed by atoms with E-state index in [4.69, 9.17) is 18.8 Å². The van der Waals surface area contributed by atoms with Gasteiger partial charge in [-0.1, -0.05) is 34.1 Å². The van der Waals surface area contributed by atoms with Crippen molar-refractivity contribution in [2.45, 2.75) is 104 Å². The van der Waals surface area contributed by atoms with Crippen LogP contribution in [-0.4, -0.2) is 135 Å². The maximum Gasteiger partial charge on any atom is 0.496 e. The molecule has 3 aliphatic rings. The highest BCUT2D eigenvalue weighted by molar-refractivity contribution is 9.10. The van der Waals surface area contributed by atoms with Crippen molar-refractivity contribution >= 4 is 84.6 Å². The summed E-state index contributed by atoms with van der Waals surface area (Å²) in [5.41, 5.74) is 9.38. The summed E-state index contributed by atoms with van der Waals surface area (Å²) in [6.45, 7) is 21.0. The number of carbonyl (C=O) groups is 2. The van der Waals surface area contributed by atoms with Crippen LogP contribution in [0, 0.1) is 0 Å². The zero-order chi connectivity index (χ0) is 61.5. The molecular weight excluding hydrogens is 1160 g/mol. The first kappa shape index (κ1) is 59.3. The van der Waals surface area contributed by atoms with Gasteiger partial charge < -0.3 is 28.6 Å². The highest BCUT2D eigenvalue weighted by Gasteiger charge is 2.52. The van der Waals surface area contributed by atoms with Crippen molar-refractivity contribution in [1.29, 1.82) is 0 Å². The molecule has 2 amide bonds. The SMILES string of the molecule is Cn1c(=O)n(C2CN(C(=O)OC(C)(C)C)C2)c2c3cc(Br)ccc3ncc21.Cn1cc(-c2ccc(-c3ccc4ncc5c(c4c3)n(C3CN(C(=O)OC(C)(C)C)C3)c(=O)n5C)cn2)cn1.Cn1cc(-c2ccc(B3OC(C)(C)C(C)(C)O3)cn2)cn1. The summed E-state index contributed by atoms with van der Waals surface area (Å²) in [6.07, 6.45) is 13.9. The summed E-state index contributed by atoms with van der Waals surface area (Å²) in [5.74, 6) is 0. The number of hydrogen-bond acceptors (Lipinski definition) is 14. The van der Waals surface area contributed by atoms with E-state index in [9.17, 15) is 19.2 Å². The lowest BCUT2D eigenvalue weighted by Crippen LogP contribution is -2.53. The van der Waals surface area contributed by atoms with E-state index < -0.39 is 11.2 Å². The van der Waals surface area contributed by atoms with Crippen molar-refractivity contribution in [3.63, 3.8) is 0 Å². The molecule has 0 bridgehead atoms. The zero-order valence-corrected chi connectivity index (χ0v) is 52.4. The second-order valence-electron chi connectivity index (χ2n) is 25.2. The van der Waals surface area contributed by atoms with Crippen molar-refractivity contribution in [3.05, 3.63) is 136 Å². The summed E-state index contributed by atoms with van der Waals surface area (Å²) < 4.78 is 34.2. The Morgan fingerprint density at radius 1 is 0.558 bits per heavy atom. The molecule has 10 aromatic rings. The lowest BCUT2D eigenvalue weighted by molar-refractivity contribution is 0.000316. The molecule has 3 fully saturated rings. The van der Waals surface area contributed by atoms with E-state index in [2.05, 4.69) is 52.1 Å². The summed E-state index contributed by atoms with van der Waals surface area (Å²) in [5, 5.41) is 10.2. The maximum absolute atomic E-state index is 13.3. The fourth-order valence-corrected chi connectivity index (χ4v) is 11.0. The van der Waals surface area contributed by atoms with Crippen LogP contribution < -0.4 is 16.8 Å². The van der Waals surface area contributed by atoms with Crippen molar-refractivity contribution in [3.8, 4) is 33.6 Å². The highest BCUT2D eigenvalue weighted by atomic mass is 79.9. The number of imidazole rings is 2. The molecule has 0 saturated carbocycles. The van der Waals surface area contributed by atoms with Gasteiger partial charge in [0.25, 0.3) is 0 Å². The lowest BCUT2D eigenvalue weighted by atomic mass is 9.80. The second-order valence-corrected chi connectivity index (χ2v) is 26.1. The number of halogens is 1. The van der Waals surface area contributed by atoms with Gasteiger partial charge in [-0.3, -0.25) is 47.6 Å². The number of likely N-dealkylation sites (tertiary alicyclic amines) is 2. The number of nitrogens with zero attached hydrogens (tertiary/aromatic N) is 14. The Bertz CT molecular complexity index is 4350. The maximum atomic E-state index is 13.3. The summed E-state index contributed by atoms with van der Waals surface area (Å²) in [6, 6.07) is 19.6. The van der Waals surface area contributed by atoms with Crippen LogP contribution in [0.15, 0.2) is 124 Å². The molecule has 0 aliphatic carbocycles. The quantitative estimate of drug-likeness (QED) is 0.142. The Morgan fingerprint density at radius 2 is 1.00 bits per heavy atom. The van der Waals surface area contributed by atoms with Crippen LogP contribution in [0.5, 0.6) is 0 Å². The highest BCUT2D eigenvalue weighted by Crippen LogP contribution is 2.38. The van der Waals surface area contributed by atoms with E-state index >= 15 is 0 Å². The molecule has 2 aromatic carbocycles. The molecule has 0 N–H and O–H groups in total. The van der Waals surface area contributed by atoms with Gasteiger partial charge in [-0.2, -0.15) is 10.2 Å². The number of carbonyl (C=O) groups excluding carboxylic acids is 2. The molecule has 24 heteroatoms. The van der Waals surface area contributed by atoms with Crippen LogP contribution >= 0.6 is 15.9 Å². The Balaban J connectivity index is 0.000000141. The predicted octanol–water partition coefficient (Wildman–Crippen LogP) is 9.37. The summed E-state index contributed by atoms with van der Waals surface area (Å²) in [4.78, 5) is 72.4. The number of benzene rings is 2. The van der Waals surface area contributed by atoms with Gasteiger partial charge in [0.1, 0.15) is 11.2 Å². The van der Waals surface area contributed by atoms with Crippen LogP contribution in [-0.2, 0) is 47.0 Å². The Hall–Kier alpha value is -8.48. The Labute approximate surface area is 505 Å². The first-order valence-corrected chi connectivity index (χ1v) is 29.2. The van der Waals surface area contributed by atoms with Gasteiger partial charge in [-0.05, 0) is 117 Å². The van der Waals surface area contributed by atoms with E-state index in [0.29, 0.717) is 26.2 Å². The van der Waals surface area contributed by atoms with Gasteiger partial charge in [0.15, 0.2) is 0 Å². The minimum atomic E-state index is -0.568. The van der Waals surface area contributed by atoms with Gasteiger partial charge >= 0.3 is 30.7 Å². The van der Waals surface area contributed by atoms with Crippen molar-refractivity contribution in [2.75, 3.05) is 26.2 Å². The number of ether oxygens (including phenoxy) is 2. The van der Waals surface area contributed by atoms with Crippen molar-refractivity contribution in [2.24, 2.45) is 28.2 Å². The minimum Gasteiger partial charge on any atom is -0.444 e. The van der Waals surface area contributed by atoms with Gasteiger partial charge in [0, 0.05) is 117 Å². The molecule has 3 saturated heterocycles. The van der Waals surface area contributed by atoms with Gasteiger partial charge in [0.05, 0.1) is 92.6 Å². The molecule has 0 radical (unpaired) electrons. The topological polar surface area (TPSA) is 219 Å². The van der Waals surface area contributed by atoms with E-state index in [1.165, 1.54) is 0 Å². The first-order valence-electron chi connectivity index (χ1n) is 28.4. The van der Waals surface area contributed by atoms with Crippen LogP contribution in [0.1, 0.15) is 81.3 Å². The molecule has 0 unspecified atom stereocenters. The number of aryl methyl sites for hydroxylation is 4. The number of rotatable bonds is 6.